The predicted molar refractivity (Wildman–Crippen MR) is 113 cm³/mol. The first-order valence-corrected chi connectivity index (χ1v) is 10.8. The van der Waals surface area contributed by atoms with E-state index in [2.05, 4.69) is 10.6 Å². The van der Waals surface area contributed by atoms with E-state index in [1.807, 2.05) is 13.8 Å². The van der Waals surface area contributed by atoms with Crippen molar-refractivity contribution in [2.75, 3.05) is 20.3 Å². The van der Waals surface area contributed by atoms with Crippen LogP contribution in [0.4, 0.5) is 0 Å². The van der Waals surface area contributed by atoms with Crippen molar-refractivity contribution in [1.29, 1.82) is 0 Å². The molecule has 0 spiro atoms. The fraction of sp³-hybridized carbons (Fsp3) is 0.857. The number of amides is 3. The lowest BCUT2D eigenvalue weighted by atomic mass is 9.79. The van der Waals surface area contributed by atoms with E-state index in [1.165, 1.54) is 12.5 Å². The second kappa shape index (κ2) is 11.8. The van der Waals surface area contributed by atoms with Crippen LogP contribution >= 0.6 is 0 Å². The molecule has 180 valence electrons. The molecule has 31 heavy (non-hydrogen) atoms. The van der Waals surface area contributed by atoms with E-state index in [-0.39, 0.29) is 12.3 Å². The molecule has 1 aliphatic rings. The molecule has 1 heterocycles. The summed E-state index contributed by atoms with van der Waals surface area (Å²) in [6.45, 7) is 9.01. The summed E-state index contributed by atoms with van der Waals surface area (Å²) in [6, 6.07) is -0.899. The number of ether oxygens (including phenoxy) is 2. The standard InChI is InChI=1S/C21H39N3O7/c1-13(2)11-14(17(25)23-16(18(26)22-6)20(3,4)5)21(28,19(27)24-29)12-31-15-9-7-8-10-30-15/h13-16,28-29H,7-12H2,1-6H3,(H,22,26)(H,23,25)(H,24,27)/t14-,15?,16+,21+/m0/s1. The fourth-order valence-electron chi connectivity index (χ4n) is 3.54. The Balaban J connectivity index is 3.19. The zero-order chi connectivity index (χ0) is 23.8. The van der Waals surface area contributed by atoms with Crippen LogP contribution in [0.3, 0.4) is 0 Å². The topological polar surface area (TPSA) is 146 Å². The van der Waals surface area contributed by atoms with Gasteiger partial charge in [-0.3, -0.25) is 19.6 Å². The summed E-state index contributed by atoms with van der Waals surface area (Å²) in [5, 5.41) is 25.8. The van der Waals surface area contributed by atoms with Gasteiger partial charge in [-0.05, 0) is 37.0 Å². The predicted octanol–water partition coefficient (Wildman–Crippen LogP) is 0.705. The van der Waals surface area contributed by atoms with Crippen LogP contribution in [0.25, 0.3) is 0 Å². The Morgan fingerprint density at radius 3 is 2.26 bits per heavy atom. The van der Waals surface area contributed by atoms with Crippen molar-refractivity contribution in [2.45, 2.75) is 78.2 Å². The molecule has 1 fully saturated rings. The van der Waals surface area contributed by atoms with Crippen LogP contribution in [0, 0.1) is 17.3 Å². The summed E-state index contributed by atoms with van der Waals surface area (Å²) >= 11 is 0. The van der Waals surface area contributed by atoms with E-state index in [0.717, 1.165) is 12.8 Å². The number of hydrogen-bond donors (Lipinski definition) is 5. The third kappa shape index (κ3) is 7.71. The zero-order valence-electron chi connectivity index (χ0n) is 19.5. The van der Waals surface area contributed by atoms with Gasteiger partial charge in [-0.25, -0.2) is 5.48 Å². The van der Waals surface area contributed by atoms with Crippen LogP contribution in [0.1, 0.15) is 60.3 Å². The molecule has 4 atom stereocenters. The number of nitrogens with one attached hydrogen (secondary N) is 3. The molecule has 0 aromatic rings. The maximum atomic E-state index is 13.3. The van der Waals surface area contributed by atoms with Gasteiger partial charge in [0.05, 0.1) is 12.5 Å². The highest BCUT2D eigenvalue weighted by Crippen LogP contribution is 2.29. The smallest absolute Gasteiger partial charge is 0.278 e. The van der Waals surface area contributed by atoms with Gasteiger partial charge in [-0.15, -0.1) is 0 Å². The number of carbonyl (C=O) groups excluding carboxylic acids is 3. The highest BCUT2D eigenvalue weighted by atomic mass is 16.7. The highest BCUT2D eigenvalue weighted by molar-refractivity contribution is 5.94. The normalized spacial score (nSPS) is 21.0. The van der Waals surface area contributed by atoms with Gasteiger partial charge in [0, 0.05) is 13.7 Å². The molecule has 1 unspecified atom stereocenters. The number of hydroxylamine groups is 1. The second-order valence-electron chi connectivity index (χ2n) is 9.58. The van der Waals surface area contributed by atoms with E-state index in [9.17, 15) is 24.7 Å². The zero-order valence-corrected chi connectivity index (χ0v) is 19.5. The molecule has 0 aliphatic carbocycles. The largest absolute Gasteiger partial charge is 0.377 e. The van der Waals surface area contributed by atoms with Crippen LogP contribution in [-0.4, -0.2) is 66.2 Å². The molecule has 3 amide bonds. The van der Waals surface area contributed by atoms with Crippen LogP contribution in [0.15, 0.2) is 0 Å². The van der Waals surface area contributed by atoms with E-state index in [0.29, 0.717) is 13.0 Å². The van der Waals surface area contributed by atoms with Crippen molar-refractivity contribution < 1.29 is 34.2 Å². The summed E-state index contributed by atoms with van der Waals surface area (Å²) in [5.41, 5.74) is -1.54. The number of hydrogen-bond acceptors (Lipinski definition) is 7. The average Bonchev–Trinajstić information content (AvgIpc) is 2.72. The molecule has 1 aliphatic heterocycles. The van der Waals surface area contributed by atoms with Crippen LogP contribution in [0.2, 0.25) is 0 Å². The first kappa shape index (κ1) is 27.3. The van der Waals surface area contributed by atoms with Gasteiger partial charge >= 0.3 is 0 Å². The van der Waals surface area contributed by atoms with Gasteiger partial charge < -0.3 is 25.2 Å². The Labute approximate surface area is 184 Å². The number of carbonyl (C=O) groups is 3. The molecule has 0 aromatic heterocycles. The van der Waals surface area contributed by atoms with Gasteiger partial charge in [0.2, 0.25) is 11.8 Å². The van der Waals surface area contributed by atoms with Crippen molar-refractivity contribution in [3.05, 3.63) is 0 Å². The second-order valence-corrected chi connectivity index (χ2v) is 9.58. The number of aliphatic hydroxyl groups is 1. The van der Waals surface area contributed by atoms with E-state index in [1.54, 1.807) is 20.8 Å². The van der Waals surface area contributed by atoms with Crippen molar-refractivity contribution in [2.24, 2.45) is 17.3 Å². The molecule has 0 bridgehead atoms. The molecule has 0 aromatic carbocycles. The fourth-order valence-corrected chi connectivity index (χ4v) is 3.54. The van der Waals surface area contributed by atoms with Gasteiger partial charge in [0.1, 0.15) is 6.04 Å². The van der Waals surface area contributed by atoms with Gasteiger partial charge in [0.25, 0.3) is 5.91 Å². The molecule has 0 radical (unpaired) electrons. The molecule has 0 saturated carbocycles. The third-order valence-electron chi connectivity index (χ3n) is 5.38. The van der Waals surface area contributed by atoms with Crippen molar-refractivity contribution in [3.8, 4) is 0 Å². The molecular formula is C21H39N3O7. The van der Waals surface area contributed by atoms with E-state index in [4.69, 9.17) is 9.47 Å². The van der Waals surface area contributed by atoms with Crippen molar-refractivity contribution >= 4 is 17.7 Å². The quantitative estimate of drug-likeness (QED) is 0.246. The van der Waals surface area contributed by atoms with Crippen molar-refractivity contribution in [1.82, 2.24) is 16.1 Å². The van der Waals surface area contributed by atoms with Gasteiger partial charge in [0.15, 0.2) is 11.9 Å². The first-order chi connectivity index (χ1) is 14.4. The van der Waals surface area contributed by atoms with Crippen LogP contribution in [-0.2, 0) is 23.9 Å². The molecule has 1 rings (SSSR count). The Morgan fingerprint density at radius 1 is 1.16 bits per heavy atom. The monoisotopic (exact) mass is 445 g/mol. The summed E-state index contributed by atoms with van der Waals surface area (Å²) in [5.74, 6) is -3.59. The highest BCUT2D eigenvalue weighted by Gasteiger charge is 2.50. The summed E-state index contributed by atoms with van der Waals surface area (Å²) in [4.78, 5) is 38.2. The van der Waals surface area contributed by atoms with Crippen molar-refractivity contribution in [3.63, 3.8) is 0 Å². The summed E-state index contributed by atoms with van der Waals surface area (Å²) < 4.78 is 11.1. The molecular weight excluding hydrogens is 406 g/mol. The molecule has 10 nitrogen and oxygen atoms in total. The van der Waals surface area contributed by atoms with E-state index >= 15 is 0 Å². The molecule has 5 N–H and O–H groups in total. The maximum absolute atomic E-state index is 13.3. The Bertz CT molecular complexity index is 615. The van der Waals surface area contributed by atoms with E-state index < -0.39 is 53.6 Å². The van der Waals surface area contributed by atoms with Gasteiger partial charge in [-0.2, -0.15) is 0 Å². The van der Waals surface area contributed by atoms with Crippen LogP contribution in [0.5, 0.6) is 0 Å². The molecule has 10 heteroatoms. The Hall–Kier alpha value is -1.75. The van der Waals surface area contributed by atoms with Gasteiger partial charge in [-0.1, -0.05) is 34.6 Å². The van der Waals surface area contributed by atoms with Crippen LogP contribution < -0.4 is 16.1 Å². The minimum Gasteiger partial charge on any atom is -0.377 e. The lowest BCUT2D eigenvalue weighted by Gasteiger charge is -2.37. The lowest BCUT2D eigenvalue weighted by molar-refractivity contribution is -0.207. The minimum absolute atomic E-state index is 0.0761. The maximum Gasteiger partial charge on any atom is 0.278 e. The SMILES string of the molecule is CNC(=O)[C@@H](NC(=O)[C@H](CC(C)C)[C@](O)(COC1CCCCO1)C(=O)NO)C(C)(C)C. The first-order valence-electron chi connectivity index (χ1n) is 10.8. The average molecular weight is 446 g/mol. The molecule has 1 saturated heterocycles. The summed E-state index contributed by atoms with van der Waals surface area (Å²) in [6.07, 6.45) is 1.89. The lowest BCUT2D eigenvalue weighted by Crippen LogP contribution is -2.62. The minimum atomic E-state index is -2.37. The Kier molecular flexibility index (Phi) is 10.3. The Morgan fingerprint density at radius 2 is 1.81 bits per heavy atom. The number of likely N-dealkylation sites (N-methyl/N-ethyl adjacent to an activating group) is 1. The summed E-state index contributed by atoms with van der Waals surface area (Å²) in [7, 11) is 1.46. The third-order valence-corrected chi connectivity index (χ3v) is 5.38. The number of rotatable bonds is 10.